The van der Waals surface area contributed by atoms with Crippen molar-refractivity contribution in [2.75, 3.05) is 0 Å². The average molecular weight is 247 g/mol. The number of hydrogen-bond donors (Lipinski definition) is 0. The SMILES string of the molecule is CC.CC(C)C(C)c1ccc(C(F)(F)F)cn1. The molecule has 0 aliphatic heterocycles. The lowest BCUT2D eigenvalue weighted by Gasteiger charge is -2.15. The Labute approximate surface area is 101 Å². The van der Waals surface area contributed by atoms with Crippen molar-refractivity contribution in [3.8, 4) is 0 Å². The van der Waals surface area contributed by atoms with E-state index in [0.29, 0.717) is 11.6 Å². The summed E-state index contributed by atoms with van der Waals surface area (Å²) in [5.41, 5.74) is 0.0141. The van der Waals surface area contributed by atoms with Crippen molar-refractivity contribution < 1.29 is 13.2 Å². The molecule has 0 aliphatic rings. The van der Waals surface area contributed by atoms with Crippen molar-refractivity contribution in [3.63, 3.8) is 0 Å². The molecular formula is C13H20F3N. The molecule has 0 aromatic carbocycles. The summed E-state index contributed by atoms with van der Waals surface area (Å²) in [5, 5.41) is 0. The number of pyridine rings is 1. The lowest BCUT2D eigenvalue weighted by atomic mass is 9.94. The molecule has 0 bridgehead atoms. The number of rotatable bonds is 2. The van der Waals surface area contributed by atoms with Crippen LogP contribution in [0.25, 0.3) is 0 Å². The summed E-state index contributed by atoms with van der Waals surface area (Å²) in [6.45, 7) is 9.99. The van der Waals surface area contributed by atoms with E-state index in [1.54, 1.807) is 0 Å². The highest BCUT2D eigenvalue weighted by atomic mass is 19.4. The fourth-order valence-corrected chi connectivity index (χ4v) is 1.18. The van der Waals surface area contributed by atoms with Gasteiger partial charge >= 0.3 is 6.18 Å². The van der Waals surface area contributed by atoms with E-state index >= 15 is 0 Å². The van der Waals surface area contributed by atoms with Crippen molar-refractivity contribution in [1.29, 1.82) is 0 Å². The fourth-order valence-electron chi connectivity index (χ4n) is 1.18. The van der Waals surface area contributed by atoms with Crippen molar-refractivity contribution >= 4 is 0 Å². The number of nitrogens with zero attached hydrogens (tertiary/aromatic N) is 1. The maximum atomic E-state index is 12.2. The Kier molecular flexibility index (Phi) is 6.21. The smallest absolute Gasteiger partial charge is 0.260 e. The zero-order valence-corrected chi connectivity index (χ0v) is 11.0. The van der Waals surface area contributed by atoms with Gasteiger partial charge in [0.25, 0.3) is 0 Å². The summed E-state index contributed by atoms with van der Waals surface area (Å²) in [6.07, 6.45) is -3.40. The standard InChI is InChI=1S/C11H14F3N.C2H6/c1-7(2)8(3)10-5-4-9(6-15-10)11(12,13)14;1-2/h4-8H,1-3H3;1-2H3. The van der Waals surface area contributed by atoms with Crippen LogP contribution in [-0.4, -0.2) is 4.98 Å². The Bertz CT molecular complexity index is 314. The molecule has 1 unspecified atom stereocenters. The maximum Gasteiger partial charge on any atom is 0.417 e. The van der Waals surface area contributed by atoms with Gasteiger partial charge in [0.1, 0.15) is 0 Å². The molecule has 0 amide bonds. The normalized spacial score (nSPS) is 13.0. The van der Waals surface area contributed by atoms with Crippen LogP contribution in [0.3, 0.4) is 0 Å². The van der Waals surface area contributed by atoms with Crippen LogP contribution in [-0.2, 0) is 6.18 Å². The molecule has 1 nitrogen and oxygen atoms in total. The minimum Gasteiger partial charge on any atom is -0.260 e. The van der Waals surface area contributed by atoms with Crippen LogP contribution in [0, 0.1) is 5.92 Å². The number of hydrogen-bond acceptors (Lipinski definition) is 1. The minimum atomic E-state index is -4.30. The third-order valence-electron chi connectivity index (χ3n) is 2.58. The molecule has 1 heterocycles. The topological polar surface area (TPSA) is 12.9 Å². The second-order valence-electron chi connectivity index (χ2n) is 4.00. The van der Waals surface area contributed by atoms with Gasteiger partial charge in [-0.2, -0.15) is 13.2 Å². The molecule has 1 rings (SSSR count). The molecule has 0 saturated carbocycles. The van der Waals surface area contributed by atoms with E-state index in [0.717, 1.165) is 12.3 Å². The minimum absolute atomic E-state index is 0.173. The first-order chi connectivity index (χ1) is 7.82. The van der Waals surface area contributed by atoms with E-state index in [4.69, 9.17) is 0 Å². The monoisotopic (exact) mass is 247 g/mol. The lowest BCUT2D eigenvalue weighted by molar-refractivity contribution is -0.137. The lowest BCUT2D eigenvalue weighted by Crippen LogP contribution is -2.08. The molecule has 4 heteroatoms. The van der Waals surface area contributed by atoms with Crippen LogP contribution < -0.4 is 0 Å². The molecule has 0 radical (unpaired) electrons. The summed E-state index contributed by atoms with van der Waals surface area (Å²) in [6, 6.07) is 2.54. The number of aromatic nitrogens is 1. The zero-order valence-electron chi connectivity index (χ0n) is 11.0. The van der Waals surface area contributed by atoms with Crippen molar-refractivity contribution in [2.45, 2.75) is 46.7 Å². The molecular weight excluding hydrogens is 227 g/mol. The fraction of sp³-hybridized carbons (Fsp3) is 0.615. The highest BCUT2D eigenvalue weighted by Crippen LogP contribution is 2.30. The van der Waals surface area contributed by atoms with Gasteiger partial charge in [-0.05, 0) is 18.1 Å². The van der Waals surface area contributed by atoms with Crippen LogP contribution in [0.1, 0.15) is 51.8 Å². The molecule has 0 aliphatic carbocycles. The predicted octanol–water partition coefficient (Wildman–Crippen LogP) is 4.89. The molecule has 1 aromatic heterocycles. The predicted molar refractivity (Wildman–Crippen MR) is 63.8 cm³/mol. The van der Waals surface area contributed by atoms with E-state index in [1.807, 2.05) is 34.6 Å². The van der Waals surface area contributed by atoms with E-state index in [9.17, 15) is 13.2 Å². The van der Waals surface area contributed by atoms with Crippen molar-refractivity contribution in [1.82, 2.24) is 4.98 Å². The van der Waals surface area contributed by atoms with Crippen LogP contribution >= 0.6 is 0 Å². The Hall–Kier alpha value is -1.06. The molecule has 0 saturated heterocycles. The summed E-state index contributed by atoms with van der Waals surface area (Å²) in [5.74, 6) is 0.543. The second kappa shape index (κ2) is 6.62. The van der Waals surface area contributed by atoms with E-state index in [-0.39, 0.29) is 5.92 Å². The highest BCUT2D eigenvalue weighted by molar-refractivity contribution is 5.19. The third kappa shape index (κ3) is 4.75. The first kappa shape index (κ1) is 15.9. The molecule has 1 aromatic rings. The zero-order chi connectivity index (χ0) is 13.6. The summed E-state index contributed by atoms with van der Waals surface area (Å²) in [7, 11) is 0. The Morgan fingerprint density at radius 2 is 1.59 bits per heavy atom. The first-order valence-electron chi connectivity index (χ1n) is 5.85. The van der Waals surface area contributed by atoms with Gasteiger partial charge in [-0.1, -0.05) is 34.6 Å². The van der Waals surface area contributed by atoms with Gasteiger partial charge in [0.2, 0.25) is 0 Å². The van der Waals surface area contributed by atoms with Gasteiger partial charge < -0.3 is 0 Å². The Morgan fingerprint density at radius 1 is 1.06 bits per heavy atom. The number of alkyl halides is 3. The molecule has 17 heavy (non-hydrogen) atoms. The van der Waals surface area contributed by atoms with E-state index in [2.05, 4.69) is 4.98 Å². The van der Waals surface area contributed by atoms with Crippen LogP contribution in [0.15, 0.2) is 18.3 Å². The van der Waals surface area contributed by atoms with Gasteiger partial charge in [0.05, 0.1) is 5.56 Å². The van der Waals surface area contributed by atoms with Gasteiger partial charge in [-0.3, -0.25) is 4.98 Å². The van der Waals surface area contributed by atoms with E-state index in [1.165, 1.54) is 6.07 Å². The van der Waals surface area contributed by atoms with Gasteiger partial charge in [0.15, 0.2) is 0 Å². The molecule has 0 N–H and O–H groups in total. The summed E-state index contributed by atoms with van der Waals surface area (Å²) >= 11 is 0. The van der Waals surface area contributed by atoms with Crippen molar-refractivity contribution in [3.05, 3.63) is 29.6 Å². The second-order valence-corrected chi connectivity index (χ2v) is 4.00. The Balaban J connectivity index is 0.00000121. The van der Waals surface area contributed by atoms with Crippen LogP contribution in [0.5, 0.6) is 0 Å². The maximum absolute atomic E-state index is 12.2. The third-order valence-corrected chi connectivity index (χ3v) is 2.58. The first-order valence-corrected chi connectivity index (χ1v) is 5.85. The Morgan fingerprint density at radius 3 is 1.88 bits per heavy atom. The van der Waals surface area contributed by atoms with Crippen LogP contribution in [0.4, 0.5) is 13.2 Å². The average Bonchev–Trinajstić information content (AvgIpc) is 2.29. The van der Waals surface area contributed by atoms with Gasteiger partial charge in [-0.15, -0.1) is 0 Å². The summed E-state index contributed by atoms with van der Waals surface area (Å²) in [4.78, 5) is 3.85. The highest BCUT2D eigenvalue weighted by Gasteiger charge is 2.30. The van der Waals surface area contributed by atoms with Gasteiger partial charge in [0, 0.05) is 17.8 Å². The number of halogens is 3. The molecule has 0 spiro atoms. The quantitative estimate of drug-likeness (QED) is 0.725. The van der Waals surface area contributed by atoms with Crippen molar-refractivity contribution in [2.24, 2.45) is 5.92 Å². The van der Waals surface area contributed by atoms with Gasteiger partial charge in [-0.25, -0.2) is 0 Å². The molecule has 0 fully saturated rings. The van der Waals surface area contributed by atoms with Crippen LogP contribution in [0.2, 0.25) is 0 Å². The van der Waals surface area contributed by atoms with E-state index < -0.39 is 11.7 Å². The summed E-state index contributed by atoms with van der Waals surface area (Å²) < 4.78 is 36.7. The molecule has 98 valence electrons. The largest absolute Gasteiger partial charge is 0.417 e. The molecule has 1 atom stereocenters.